The average Bonchev–Trinajstić information content (AvgIpc) is 2.88. The molecule has 0 atom stereocenters. The molecule has 9 heteroatoms. The van der Waals surface area contributed by atoms with Crippen molar-refractivity contribution < 1.29 is 22.7 Å². The molecule has 2 aromatic carbocycles. The molecule has 1 N–H and O–H groups in total. The van der Waals surface area contributed by atoms with Gasteiger partial charge in [-0.25, -0.2) is 8.42 Å². The van der Waals surface area contributed by atoms with Crippen LogP contribution in [-0.2, 0) is 21.4 Å². The molecule has 8 nitrogen and oxygen atoms in total. The average molecular weight is 496 g/mol. The molecular weight excluding hydrogens is 466 g/mol. The van der Waals surface area contributed by atoms with Crippen molar-refractivity contribution in [3.05, 3.63) is 78.1 Å². The van der Waals surface area contributed by atoms with Gasteiger partial charge in [-0.1, -0.05) is 17.7 Å². The van der Waals surface area contributed by atoms with Gasteiger partial charge in [-0.2, -0.15) is 4.31 Å². The molecule has 1 aliphatic rings. The van der Waals surface area contributed by atoms with Gasteiger partial charge in [0.15, 0.2) is 11.5 Å². The Bertz CT molecular complexity index is 1260. The molecule has 184 valence electrons. The van der Waals surface area contributed by atoms with Gasteiger partial charge in [-0.15, -0.1) is 0 Å². The second-order valence-corrected chi connectivity index (χ2v) is 10.4. The quantitative estimate of drug-likeness (QED) is 0.507. The first-order chi connectivity index (χ1) is 16.9. The molecular formula is C26H29N3O5S. The Morgan fingerprint density at radius 3 is 2.37 bits per heavy atom. The molecule has 0 unspecified atom stereocenters. The Labute approximate surface area is 206 Å². The Morgan fingerprint density at radius 1 is 1.03 bits per heavy atom. The SMILES string of the molecule is COc1ccc(NC(=O)C2CCN(S(=O)(=O)c3ccc(C)cc3)CC2)cc1OCc1ccncc1. The zero-order chi connectivity index (χ0) is 24.8. The number of anilines is 1. The molecule has 4 rings (SSSR count). The van der Waals surface area contributed by atoms with Crippen molar-refractivity contribution in [1.29, 1.82) is 0 Å². The first-order valence-corrected chi connectivity index (χ1v) is 12.9. The summed E-state index contributed by atoms with van der Waals surface area (Å²) in [6.45, 7) is 2.86. The van der Waals surface area contributed by atoms with Crippen LogP contribution in [0.25, 0.3) is 0 Å². The number of carbonyl (C=O) groups is 1. The van der Waals surface area contributed by atoms with Crippen molar-refractivity contribution in [1.82, 2.24) is 9.29 Å². The van der Waals surface area contributed by atoms with E-state index < -0.39 is 10.0 Å². The van der Waals surface area contributed by atoms with E-state index in [1.165, 1.54) is 4.31 Å². The van der Waals surface area contributed by atoms with Crippen LogP contribution >= 0.6 is 0 Å². The summed E-state index contributed by atoms with van der Waals surface area (Å²) >= 11 is 0. The maximum atomic E-state index is 12.9. The lowest BCUT2D eigenvalue weighted by atomic mass is 9.97. The number of methoxy groups -OCH3 is 1. The molecule has 1 aliphatic heterocycles. The maximum Gasteiger partial charge on any atom is 0.243 e. The lowest BCUT2D eigenvalue weighted by molar-refractivity contribution is -0.120. The summed E-state index contributed by atoms with van der Waals surface area (Å²) in [7, 11) is -2.00. The third-order valence-electron chi connectivity index (χ3n) is 6.06. The number of benzene rings is 2. The molecule has 0 saturated carbocycles. The summed E-state index contributed by atoms with van der Waals surface area (Å²) in [5.41, 5.74) is 2.56. The molecule has 0 aliphatic carbocycles. The topological polar surface area (TPSA) is 97.8 Å². The number of carbonyl (C=O) groups excluding carboxylic acids is 1. The van der Waals surface area contributed by atoms with Gasteiger partial charge in [0, 0.05) is 43.2 Å². The van der Waals surface area contributed by atoms with E-state index in [4.69, 9.17) is 9.47 Å². The molecule has 35 heavy (non-hydrogen) atoms. The highest BCUT2D eigenvalue weighted by atomic mass is 32.2. The normalized spacial score (nSPS) is 14.9. The van der Waals surface area contributed by atoms with Crippen molar-refractivity contribution >= 4 is 21.6 Å². The molecule has 0 radical (unpaired) electrons. The largest absolute Gasteiger partial charge is 0.493 e. The number of pyridine rings is 1. The van der Waals surface area contributed by atoms with E-state index in [1.807, 2.05) is 19.1 Å². The van der Waals surface area contributed by atoms with E-state index in [0.29, 0.717) is 49.7 Å². The predicted molar refractivity (Wildman–Crippen MR) is 133 cm³/mol. The third kappa shape index (κ3) is 5.98. The summed E-state index contributed by atoms with van der Waals surface area (Å²) < 4.78 is 38.6. The molecule has 3 aromatic rings. The van der Waals surface area contributed by atoms with Crippen LogP contribution in [0.4, 0.5) is 5.69 Å². The van der Waals surface area contributed by atoms with Crippen LogP contribution < -0.4 is 14.8 Å². The fraction of sp³-hybridized carbons (Fsp3) is 0.308. The number of hydrogen-bond acceptors (Lipinski definition) is 6. The number of rotatable bonds is 8. The Balaban J connectivity index is 1.36. The molecule has 2 heterocycles. The monoisotopic (exact) mass is 495 g/mol. The number of ether oxygens (including phenoxy) is 2. The Morgan fingerprint density at radius 2 is 1.71 bits per heavy atom. The van der Waals surface area contributed by atoms with E-state index in [-0.39, 0.29) is 16.7 Å². The highest BCUT2D eigenvalue weighted by Crippen LogP contribution is 2.32. The fourth-order valence-corrected chi connectivity index (χ4v) is 5.44. The number of aromatic nitrogens is 1. The number of nitrogens with one attached hydrogen (secondary N) is 1. The summed E-state index contributed by atoms with van der Waals surface area (Å²) in [4.78, 5) is 17.2. The summed E-state index contributed by atoms with van der Waals surface area (Å²) in [5.74, 6) is 0.665. The number of amides is 1. The van der Waals surface area contributed by atoms with Gasteiger partial charge in [-0.05, 0) is 61.7 Å². The molecule has 1 saturated heterocycles. The molecule has 1 aromatic heterocycles. The van der Waals surface area contributed by atoms with Crippen molar-refractivity contribution in [3.63, 3.8) is 0 Å². The number of piperidine rings is 1. The maximum absolute atomic E-state index is 12.9. The third-order valence-corrected chi connectivity index (χ3v) is 7.97. The lowest BCUT2D eigenvalue weighted by Crippen LogP contribution is -2.41. The summed E-state index contributed by atoms with van der Waals surface area (Å²) in [5, 5.41) is 2.94. The number of aryl methyl sites for hydroxylation is 1. The minimum Gasteiger partial charge on any atom is -0.493 e. The fourth-order valence-electron chi connectivity index (χ4n) is 3.97. The molecule has 0 bridgehead atoms. The van der Waals surface area contributed by atoms with Gasteiger partial charge in [0.1, 0.15) is 6.61 Å². The molecule has 1 fully saturated rings. The van der Waals surface area contributed by atoms with E-state index in [9.17, 15) is 13.2 Å². The standard InChI is InChI=1S/C26H29N3O5S/c1-19-3-6-23(7-4-19)35(31,32)29-15-11-21(12-16-29)26(30)28-22-5-8-24(33-2)25(17-22)34-18-20-9-13-27-14-10-20/h3-10,13-14,17,21H,11-12,15-16,18H2,1-2H3,(H,28,30). The first kappa shape index (κ1) is 24.7. The van der Waals surface area contributed by atoms with Crippen LogP contribution in [-0.4, -0.2) is 43.8 Å². The van der Waals surface area contributed by atoms with Gasteiger partial charge < -0.3 is 14.8 Å². The van der Waals surface area contributed by atoms with Crippen molar-refractivity contribution in [2.45, 2.75) is 31.3 Å². The zero-order valence-electron chi connectivity index (χ0n) is 19.8. The van der Waals surface area contributed by atoms with Crippen LogP contribution in [0.5, 0.6) is 11.5 Å². The van der Waals surface area contributed by atoms with Gasteiger partial charge in [0.05, 0.1) is 12.0 Å². The number of hydrogen-bond donors (Lipinski definition) is 1. The van der Waals surface area contributed by atoms with Crippen molar-refractivity contribution in [3.8, 4) is 11.5 Å². The lowest BCUT2D eigenvalue weighted by Gasteiger charge is -2.30. The molecule has 1 amide bonds. The summed E-state index contributed by atoms with van der Waals surface area (Å²) in [6.07, 6.45) is 4.31. The van der Waals surface area contributed by atoms with E-state index >= 15 is 0 Å². The van der Waals surface area contributed by atoms with Gasteiger partial charge >= 0.3 is 0 Å². The van der Waals surface area contributed by atoms with Crippen LogP contribution in [0.1, 0.15) is 24.0 Å². The van der Waals surface area contributed by atoms with Gasteiger partial charge in [0.25, 0.3) is 0 Å². The minimum absolute atomic E-state index is 0.136. The smallest absolute Gasteiger partial charge is 0.243 e. The Hall–Kier alpha value is -3.43. The van der Waals surface area contributed by atoms with Crippen molar-refractivity contribution in [2.24, 2.45) is 5.92 Å². The van der Waals surface area contributed by atoms with Gasteiger partial charge in [0.2, 0.25) is 15.9 Å². The highest BCUT2D eigenvalue weighted by Gasteiger charge is 2.32. The van der Waals surface area contributed by atoms with E-state index in [2.05, 4.69) is 10.3 Å². The predicted octanol–water partition coefficient (Wildman–Crippen LogP) is 4.02. The van der Waals surface area contributed by atoms with Crippen LogP contribution in [0, 0.1) is 12.8 Å². The van der Waals surface area contributed by atoms with E-state index in [0.717, 1.165) is 11.1 Å². The second kappa shape index (κ2) is 10.9. The minimum atomic E-state index is -3.56. The number of sulfonamides is 1. The van der Waals surface area contributed by atoms with Crippen LogP contribution in [0.15, 0.2) is 71.9 Å². The second-order valence-electron chi connectivity index (χ2n) is 8.49. The van der Waals surface area contributed by atoms with Gasteiger partial charge in [-0.3, -0.25) is 9.78 Å². The van der Waals surface area contributed by atoms with Crippen LogP contribution in [0.3, 0.4) is 0 Å². The zero-order valence-corrected chi connectivity index (χ0v) is 20.6. The first-order valence-electron chi connectivity index (χ1n) is 11.4. The molecule has 0 spiro atoms. The Kier molecular flexibility index (Phi) is 7.67. The number of nitrogens with zero attached hydrogens (tertiary/aromatic N) is 2. The van der Waals surface area contributed by atoms with E-state index in [1.54, 1.807) is 62.0 Å². The van der Waals surface area contributed by atoms with Crippen LogP contribution in [0.2, 0.25) is 0 Å². The summed E-state index contributed by atoms with van der Waals surface area (Å²) in [6, 6.07) is 15.8. The van der Waals surface area contributed by atoms with Crippen molar-refractivity contribution in [2.75, 3.05) is 25.5 Å². The highest BCUT2D eigenvalue weighted by molar-refractivity contribution is 7.89.